The van der Waals surface area contributed by atoms with Gasteiger partial charge in [0.05, 0.1) is 11.6 Å². The Morgan fingerprint density at radius 2 is 1.96 bits per heavy atom. The number of rotatable bonds is 4. The third-order valence-electron chi connectivity index (χ3n) is 5.25. The fraction of sp³-hybridized carbons (Fsp3) is 0.273. The van der Waals surface area contributed by atoms with E-state index in [4.69, 9.17) is 11.6 Å². The molecule has 4 nitrogen and oxygen atoms in total. The summed E-state index contributed by atoms with van der Waals surface area (Å²) in [6, 6.07) is 17.1. The van der Waals surface area contributed by atoms with Gasteiger partial charge in [-0.1, -0.05) is 48.4 Å². The molecule has 1 aliphatic heterocycles. The van der Waals surface area contributed by atoms with Crippen LogP contribution in [-0.2, 0) is 4.79 Å². The van der Waals surface area contributed by atoms with E-state index in [-0.39, 0.29) is 6.04 Å². The molecule has 0 aliphatic carbocycles. The summed E-state index contributed by atoms with van der Waals surface area (Å²) in [4.78, 5) is 18.6. The lowest BCUT2D eigenvalue weighted by Gasteiger charge is -2.39. The highest BCUT2D eigenvalue weighted by atomic mass is 35.5. The number of hydrogen-bond donors (Lipinski definition) is 1. The maximum Gasteiger partial charge on any atom is 0.320 e. The molecule has 1 fully saturated rings. The van der Waals surface area contributed by atoms with Crippen LogP contribution in [0.15, 0.2) is 60.8 Å². The van der Waals surface area contributed by atoms with Gasteiger partial charge in [-0.3, -0.25) is 14.7 Å². The van der Waals surface area contributed by atoms with E-state index in [1.54, 1.807) is 0 Å². The fourth-order valence-electron chi connectivity index (χ4n) is 4.02. The molecule has 2 heterocycles. The summed E-state index contributed by atoms with van der Waals surface area (Å²) in [5.41, 5.74) is 2.91. The average Bonchev–Trinajstić information content (AvgIpc) is 2.68. The van der Waals surface area contributed by atoms with E-state index < -0.39 is 12.0 Å². The molecule has 138 valence electrons. The number of carboxylic acid groups (broad SMARTS) is 1. The van der Waals surface area contributed by atoms with Gasteiger partial charge >= 0.3 is 5.97 Å². The van der Waals surface area contributed by atoms with Crippen LogP contribution in [0.25, 0.3) is 10.9 Å². The Kier molecular flexibility index (Phi) is 5.10. The first-order valence-electron chi connectivity index (χ1n) is 9.22. The number of pyridine rings is 1. The zero-order chi connectivity index (χ0) is 18.8. The van der Waals surface area contributed by atoms with Gasteiger partial charge in [-0.2, -0.15) is 0 Å². The van der Waals surface area contributed by atoms with Crippen molar-refractivity contribution in [1.29, 1.82) is 0 Å². The van der Waals surface area contributed by atoms with E-state index in [1.807, 2.05) is 54.7 Å². The zero-order valence-electron chi connectivity index (χ0n) is 14.9. The van der Waals surface area contributed by atoms with Gasteiger partial charge in [0.1, 0.15) is 6.04 Å². The van der Waals surface area contributed by atoms with E-state index in [0.717, 1.165) is 41.4 Å². The van der Waals surface area contributed by atoms with Gasteiger partial charge in [-0.15, -0.1) is 0 Å². The van der Waals surface area contributed by atoms with Gasteiger partial charge in [-0.25, -0.2) is 0 Å². The lowest BCUT2D eigenvalue weighted by Crippen LogP contribution is -2.46. The highest BCUT2D eigenvalue weighted by molar-refractivity contribution is 6.30. The Labute approximate surface area is 163 Å². The predicted molar refractivity (Wildman–Crippen MR) is 107 cm³/mol. The third kappa shape index (κ3) is 3.68. The number of carboxylic acids is 1. The quantitative estimate of drug-likeness (QED) is 0.698. The normalized spacial score (nSPS) is 19.1. The molecule has 27 heavy (non-hydrogen) atoms. The van der Waals surface area contributed by atoms with Crippen molar-refractivity contribution in [1.82, 2.24) is 9.88 Å². The summed E-state index contributed by atoms with van der Waals surface area (Å²) in [6.45, 7) is 0.737. The molecule has 1 N–H and O–H groups in total. The third-order valence-corrected chi connectivity index (χ3v) is 5.49. The minimum atomic E-state index is -0.768. The number of carbonyl (C=O) groups is 1. The number of aromatic nitrogens is 1. The summed E-state index contributed by atoms with van der Waals surface area (Å²) in [5, 5.41) is 11.5. The zero-order valence-corrected chi connectivity index (χ0v) is 15.6. The highest BCUT2D eigenvalue weighted by Gasteiger charge is 2.35. The number of benzene rings is 2. The molecule has 1 saturated heterocycles. The Hall–Kier alpha value is -2.43. The van der Waals surface area contributed by atoms with E-state index >= 15 is 0 Å². The fourth-order valence-corrected chi connectivity index (χ4v) is 4.22. The topological polar surface area (TPSA) is 53.4 Å². The molecule has 0 bridgehead atoms. The number of piperidine rings is 1. The molecule has 0 radical (unpaired) electrons. The second-order valence-corrected chi connectivity index (χ2v) is 7.44. The molecule has 4 rings (SSSR count). The minimum Gasteiger partial charge on any atom is -0.480 e. The molecule has 3 aromatic rings. The van der Waals surface area contributed by atoms with Crippen molar-refractivity contribution < 1.29 is 9.90 Å². The van der Waals surface area contributed by atoms with Crippen molar-refractivity contribution in [3.63, 3.8) is 0 Å². The molecular formula is C22H21ClN2O2. The number of likely N-dealkylation sites (tertiary alicyclic amines) is 1. The molecule has 1 aromatic heterocycles. The highest BCUT2D eigenvalue weighted by Crippen LogP contribution is 2.35. The van der Waals surface area contributed by atoms with Gasteiger partial charge < -0.3 is 5.11 Å². The van der Waals surface area contributed by atoms with Gasteiger partial charge in [0.25, 0.3) is 0 Å². The molecule has 0 amide bonds. The van der Waals surface area contributed by atoms with E-state index in [0.29, 0.717) is 11.4 Å². The standard InChI is InChI=1S/C22H21ClN2O2/c23-18-8-5-7-16(13-18)21(25-11-4-3-10-20(25)22(26)27)17-12-15-6-1-2-9-19(15)24-14-17/h1-2,5-9,12-14,20-21H,3-4,10-11H2,(H,26,27). The van der Waals surface area contributed by atoms with Crippen molar-refractivity contribution in [2.75, 3.05) is 6.54 Å². The molecule has 0 saturated carbocycles. The number of aliphatic carboxylic acids is 1. The number of hydrogen-bond acceptors (Lipinski definition) is 3. The van der Waals surface area contributed by atoms with Crippen molar-refractivity contribution in [2.24, 2.45) is 0 Å². The minimum absolute atomic E-state index is 0.192. The lowest BCUT2D eigenvalue weighted by molar-refractivity contribution is -0.145. The lowest BCUT2D eigenvalue weighted by atomic mass is 9.92. The first kappa shape index (κ1) is 18.0. The van der Waals surface area contributed by atoms with Crippen LogP contribution in [0.2, 0.25) is 5.02 Å². The molecule has 2 aromatic carbocycles. The molecule has 2 atom stereocenters. The molecule has 2 unspecified atom stereocenters. The summed E-state index contributed by atoms with van der Waals surface area (Å²) in [7, 11) is 0. The first-order valence-corrected chi connectivity index (χ1v) is 9.60. The Bertz CT molecular complexity index is 975. The Balaban J connectivity index is 1.85. The van der Waals surface area contributed by atoms with Crippen LogP contribution < -0.4 is 0 Å². The van der Waals surface area contributed by atoms with Gasteiger partial charge in [0.15, 0.2) is 0 Å². The number of fused-ring (bicyclic) bond motifs is 1. The Morgan fingerprint density at radius 3 is 2.78 bits per heavy atom. The number of para-hydroxylation sites is 1. The van der Waals surface area contributed by atoms with Crippen LogP contribution in [-0.4, -0.2) is 33.5 Å². The average molecular weight is 381 g/mol. The van der Waals surface area contributed by atoms with Gasteiger partial charge in [0.2, 0.25) is 0 Å². The first-order chi connectivity index (χ1) is 13.1. The molecule has 5 heteroatoms. The summed E-state index contributed by atoms with van der Waals surface area (Å²) in [5.74, 6) is -0.768. The Morgan fingerprint density at radius 1 is 1.11 bits per heavy atom. The molecular weight excluding hydrogens is 360 g/mol. The summed E-state index contributed by atoms with van der Waals surface area (Å²) >= 11 is 6.26. The van der Waals surface area contributed by atoms with Crippen LogP contribution in [0.4, 0.5) is 0 Å². The van der Waals surface area contributed by atoms with Crippen molar-refractivity contribution in [3.8, 4) is 0 Å². The van der Waals surface area contributed by atoms with Crippen LogP contribution in [0, 0.1) is 0 Å². The van der Waals surface area contributed by atoms with Crippen molar-refractivity contribution in [2.45, 2.75) is 31.3 Å². The molecule has 1 aliphatic rings. The van der Waals surface area contributed by atoms with Crippen LogP contribution in [0.3, 0.4) is 0 Å². The van der Waals surface area contributed by atoms with Crippen LogP contribution >= 0.6 is 11.6 Å². The van der Waals surface area contributed by atoms with Crippen LogP contribution in [0.5, 0.6) is 0 Å². The molecule has 0 spiro atoms. The van der Waals surface area contributed by atoms with Crippen LogP contribution in [0.1, 0.15) is 36.4 Å². The summed E-state index contributed by atoms with van der Waals surface area (Å²) < 4.78 is 0. The van der Waals surface area contributed by atoms with E-state index in [1.165, 1.54) is 0 Å². The van der Waals surface area contributed by atoms with Gasteiger partial charge in [-0.05, 0) is 54.8 Å². The van der Waals surface area contributed by atoms with Crippen molar-refractivity contribution in [3.05, 3.63) is 76.9 Å². The summed E-state index contributed by atoms with van der Waals surface area (Å²) in [6.07, 6.45) is 4.45. The maximum atomic E-state index is 11.9. The number of nitrogens with zero attached hydrogens (tertiary/aromatic N) is 2. The monoisotopic (exact) mass is 380 g/mol. The SMILES string of the molecule is O=C(O)C1CCCCN1C(c1cccc(Cl)c1)c1cnc2ccccc2c1. The largest absolute Gasteiger partial charge is 0.480 e. The van der Waals surface area contributed by atoms with Crippen molar-refractivity contribution >= 4 is 28.5 Å². The smallest absolute Gasteiger partial charge is 0.320 e. The second kappa shape index (κ2) is 7.67. The maximum absolute atomic E-state index is 11.9. The second-order valence-electron chi connectivity index (χ2n) is 7.01. The number of halogens is 1. The van der Waals surface area contributed by atoms with E-state index in [2.05, 4.69) is 16.0 Å². The predicted octanol–water partition coefficient (Wildman–Crippen LogP) is 4.92. The van der Waals surface area contributed by atoms with E-state index in [9.17, 15) is 9.90 Å². The van der Waals surface area contributed by atoms with Gasteiger partial charge in [0, 0.05) is 16.6 Å².